The van der Waals surface area contributed by atoms with Crippen LogP contribution in [-0.2, 0) is 10.2 Å². The molecule has 2 fully saturated rings. The lowest BCUT2D eigenvalue weighted by Gasteiger charge is -2.33. The summed E-state index contributed by atoms with van der Waals surface area (Å²) in [5, 5.41) is 0. The largest absolute Gasteiger partial charge is 0.324 e. The van der Waals surface area contributed by atoms with Crippen LogP contribution in [-0.4, -0.2) is 37.9 Å². The summed E-state index contributed by atoms with van der Waals surface area (Å²) >= 11 is 0. The van der Waals surface area contributed by atoms with Crippen molar-refractivity contribution < 1.29 is 8.42 Å². The van der Waals surface area contributed by atoms with Gasteiger partial charge in [0.15, 0.2) is 0 Å². The van der Waals surface area contributed by atoms with Crippen molar-refractivity contribution in [3.05, 3.63) is 0 Å². The molecule has 118 valence electrons. The van der Waals surface area contributed by atoms with Gasteiger partial charge in [0.25, 0.3) is 10.2 Å². The number of nitrogens with two attached hydrogens (primary N) is 1. The van der Waals surface area contributed by atoms with Crippen molar-refractivity contribution >= 4 is 10.2 Å². The molecular weight excluding hydrogens is 274 g/mol. The number of hydrogen-bond donors (Lipinski definition) is 2. The third kappa shape index (κ3) is 4.41. The third-order valence-corrected chi connectivity index (χ3v) is 6.19. The standard InChI is InChI=1S/C14H29N3O2S/c1-13-7-6-10-17(11-13)20(18,19)16-12-14(15)8-4-2-3-5-9-14/h13,16H,2-12,15H2,1H3. The van der Waals surface area contributed by atoms with Crippen molar-refractivity contribution in [2.45, 2.75) is 63.8 Å². The van der Waals surface area contributed by atoms with E-state index in [0.717, 1.165) is 38.5 Å². The number of nitrogens with zero attached hydrogens (tertiary/aromatic N) is 1. The van der Waals surface area contributed by atoms with Gasteiger partial charge in [-0.1, -0.05) is 32.6 Å². The van der Waals surface area contributed by atoms with Crippen LogP contribution in [0.15, 0.2) is 0 Å². The molecule has 0 spiro atoms. The van der Waals surface area contributed by atoms with Gasteiger partial charge in [0.05, 0.1) is 0 Å². The van der Waals surface area contributed by atoms with E-state index in [4.69, 9.17) is 5.73 Å². The number of hydrogen-bond acceptors (Lipinski definition) is 3. The molecule has 1 saturated heterocycles. The molecule has 6 heteroatoms. The second-order valence-electron chi connectivity index (χ2n) is 6.71. The zero-order valence-electron chi connectivity index (χ0n) is 12.6. The average molecular weight is 303 g/mol. The Kier molecular flexibility index (Phi) is 5.45. The van der Waals surface area contributed by atoms with Gasteiger partial charge < -0.3 is 5.73 Å². The van der Waals surface area contributed by atoms with E-state index in [1.165, 1.54) is 12.8 Å². The third-order valence-electron chi connectivity index (χ3n) is 4.67. The second-order valence-corrected chi connectivity index (χ2v) is 8.46. The maximum Gasteiger partial charge on any atom is 0.279 e. The molecule has 1 aliphatic carbocycles. The Labute approximate surface area is 123 Å². The van der Waals surface area contributed by atoms with Crippen LogP contribution in [0.25, 0.3) is 0 Å². The van der Waals surface area contributed by atoms with Crippen molar-refractivity contribution in [1.82, 2.24) is 9.03 Å². The van der Waals surface area contributed by atoms with E-state index in [0.29, 0.717) is 25.6 Å². The molecule has 0 amide bonds. The highest BCUT2D eigenvalue weighted by Gasteiger charge is 2.31. The van der Waals surface area contributed by atoms with Crippen molar-refractivity contribution in [3.8, 4) is 0 Å². The molecule has 20 heavy (non-hydrogen) atoms. The molecule has 5 nitrogen and oxygen atoms in total. The molecule has 0 aromatic heterocycles. The first-order chi connectivity index (χ1) is 9.41. The van der Waals surface area contributed by atoms with Crippen LogP contribution in [0.5, 0.6) is 0 Å². The van der Waals surface area contributed by atoms with E-state index in [9.17, 15) is 8.42 Å². The molecule has 2 aliphatic rings. The van der Waals surface area contributed by atoms with E-state index in [-0.39, 0.29) is 5.54 Å². The predicted octanol–water partition coefficient (Wildman–Crippen LogP) is 1.60. The molecule has 1 atom stereocenters. The molecule has 0 aromatic carbocycles. The molecule has 0 aromatic rings. The van der Waals surface area contributed by atoms with Crippen molar-refractivity contribution in [2.75, 3.05) is 19.6 Å². The number of rotatable bonds is 4. The minimum Gasteiger partial charge on any atom is -0.324 e. The Hall–Kier alpha value is -0.170. The minimum atomic E-state index is -3.36. The molecular formula is C14H29N3O2S. The number of nitrogens with one attached hydrogen (secondary N) is 1. The van der Waals surface area contributed by atoms with Crippen LogP contribution in [0, 0.1) is 5.92 Å². The fourth-order valence-corrected chi connectivity index (χ4v) is 4.77. The van der Waals surface area contributed by atoms with Gasteiger partial charge in [-0.25, -0.2) is 4.72 Å². The van der Waals surface area contributed by atoms with Crippen LogP contribution < -0.4 is 10.5 Å². The summed E-state index contributed by atoms with van der Waals surface area (Å²) in [5.74, 6) is 0.449. The Morgan fingerprint density at radius 3 is 2.45 bits per heavy atom. The lowest BCUT2D eigenvalue weighted by molar-refractivity contribution is 0.275. The normalized spacial score (nSPS) is 29.0. The molecule has 2 rings (SSSR count). The summed E-state index contributed by atoms with van der Waals surface area (Å²) in [6, 6.07) is 0. The van der Waals surface area contributed by atoms with E-state index >= 15 is 0 Å². The van der Waals surface area contributed by atoms with Gasteiger partial charge in [0.1, 0.15) is 0 Å². The van der Waals surface area contributed by atoms with Gasteiger partial charge in [-0.3, -0.25) is 0 Å². The molecule has 0 radical (unpaired) electrons. The van der Waals surface area contributed by atoms with E-state index < -0.39 is 10.2 Å². The Bertz CT molecular complexity index is 403. The van der Waals surface area contributed by atoms with Gasteiger partial charge in [-0.15, -0.1) is 0 Å². The van der Waals surface area contributed by atoms with Gasteiger partial charge in [-0.2, -0.15) is 12.7 Å². The highest BCUT2D eigenvalue weighted by molar-refractivity contribution is 7.87. The molecule has 1 aliphatic heterocycles. The smallest absolute Gasteiger partial charge is 0.279 e. The summed E-state index contributed by atoms with van der Waals surface area (Å²) in [6.07, 6.45) is 8.57. The van der Waals surface area contributed by atoms with Crippen molar-refractivity contribution in [2.24, 2.45) is 11.7 Å². The maximum absolute atomic E-state index is 12.4. The average Bonchev–Trinajstić information content (AvgIpc) is 2.62. The molecule has 1 saturated carbocycles. The summed E-state index contributed by atoms with van der Waals surface area (Å²) in [5.41, 5.74) is 6.02. The highest BCUT2D eigenvalue weighted by atomic mass is 32.2. The summed E-state index contributed by atoms with van der Waals surface area (Å²) in [6.45, 7) is 3.75. The highest BCUT2D eigenvalue weighted by Crippen LogP contribution is 2.25. The van der Waals surface area contributed by atoms with Crippen LogP contribution >= 0.6 is 0 Å². The molecule has 1 heterocycles. The SMILES string of the molecule is CC1CCCN(S(=O)(=O)NCC2(N)CCCCCC2)C1. The monoisotopic (exact) mass is 303 g/mol. The van der Waals surface area contributed by atoms with Crippen LogP contribution in [0.3, 0.4) is 0 Å². The summed E-state index contributed by atoms with van der Waals surface area (Å²) in [7, 11) is -3.36. The fraction of sp³-hybridized carbons (Fsp3) is 1.00. The number of piperidine rings is 1. The van der Waals surface area contributed by atoms with Crippen LogP contribution in [0.4, 0.5) is 0 Å². The Morgan fingerprint density at radius 1 is 1.20 bits per heavy atom. The lowest BCUT2D eigenvalue weighted by atomic mass is 9.92. The fourth-order valence-electron chi connectivity index (χ4n) is 3.30. The Balaban J connectivity index is 1.90. The van der Waals surface area contributed by atoms with Crippen LogP contribution in [0.2, 0.25) is 0 Å². The van der Waals surface area contributed by atoms with E-state index in [2.05, 4.69) is 11.6 Å². The second kappa shape index (κ2) is 6.73. The van der Waals surface area contributed by atoms with Gasteiger partial charge >= 0.3 is 0 Å². The molecule has 1 unspecified atom stereocenters. The molecule has 3 N–H and O–H groups in total. The zero-order chi connectivity index (χ0) is 14.6. The van der Waals surface area contributed by atoms with Crippen molar-refractivity contribution in [1.29, 1.82) is 0 Å². The first-order valence-corrected chi connectivity index (χ1v) is 9.39. The lowest BCUT2D eigenvalue weighted by Crippen LogP contribution is -2.53. The Morgan fingerprint density at radius 2 is 1.85 bits per heavy atom. The quantitative estimate of drug-likeness (QED) is 0.775. The van der Waals surface area contributed by atoms with Gasteiger partial charge in [-0.05, 0) is 31.6 Å². The van der Waals surface area contributed by atoms with E-state index in [1.807, 2.05) is 0 Å². The van der Waals surface area contributed by atoms with E-state index in [1.54, 1.807) is 4.31 Å². The minimum absolute atomic E-state index is 0.356. The predicted molar refractivity (Wildman–Crippen MR) is 81.5 cm³/mol. The van der Waals surface area contributed by atoms with Gasteiger partial charge in [0, 0.05) is 25.2 Å². The molecule has 0 bridgehead atoms. The zero-order valence-corrected chi connectivity index (χ0v) is 13.4. The topological polar surface area (TPSA) is 75.4 Å². The maximum atomic E-state index is 12.4. The van der Waals surface area contributed by atoms with Gasteiger partial charge in [0.2, 0.25) is 0 Å². The first kappa shape index (κ1) is 16.2. The summed E-state index contributed by atoms with van der Waals surface area (Å²) in [4.78, 5) is 0. The van der Waals surface area contributed by atoms with Crippen LogP contribution in [0.1, 0.15) is 58.3 Å². The summed E-state index contributed by atoms with van der Waals surface area (Å²) < 4.78 is 29.1. The first-order valence-electron chi connectivity index (χ1n) is 7.95. The van der Waals surface area contributed by atoms with Crippen molar-refractivity contribution in [3.63, 3.8) is 0 Å².